The zero-order chi connectivity index (χ0) is 21.3. The lowest BCUT2D eigenvalue weighted by Crippen LogP contribution is -2.12. The maximum absolute atomic E-state index is 11.3. The average molecular weight is 452 g/mol. The van der Waals surface area contributed by atoms with Crippen molar-refractivity contribution in [3.63, 3.8) is 0 Å². The number of primary sulfonamides is 1. The van der Waals surface area contributed by atoms with Crippen molar-refractivity contribution in [2.45, 2.75) is 25.3 Å². The van der Waals surface area contributed by atoms with Gasteiger partial charge in [-0.3, -0.25) is 0 Å². The van der Waals surface area contributed by atoms with Crippen LogP contribution in [0.5, 0.6) is 5.88 Å². The van der Waals surface area contributed by atoms with Crippen LogP contribution in [-0.4, -0.2) is 23.2 Å². The van der Waals surface area contributed by atoms with Gasteiger partial charge in [0, 0.05) is 22.6 Å². The highest BCUT2D eigenvalue weighted by atomic mass is 35.5. The molecule has 0 aliphatic carbocycles. The number of anilines is 1. The fourth-order valence-electron chi connectivity index (χ4n) is 3.01. The first-order valence-corrected chi connectivity index (χ1v) is 10.8. The molecular formula is C18H18ClN5O3S2. The van der Waals surface area contributed by atoms with Gasteiger partial charge in [-0.1, -0.05) is 11.6 Å². The summed E-state index contributed by atoms with van der Waals surface area (Å²) < 4.78 is 24.3. The number of nitrogens with zero attached hydrogens (tertiary/aromatic N) is 3. The van der Waals surface area contributed by atoms with Gasteiger partial charge in [-0.15, -0.1) is 10.2 Å². The minimum atomic E-state index is -3.77. The Morgan fingerprint density at radius 1 is 1.31 bits per heavy atom. The van der Waals surface area contributed by atoms with Crippen molar-refractivity contribution in [3.05, 3.63) is 47.0 Å². The van der Waals surface area contributed by atoms with E-state index < -0.39 is 10.0 Å². The molecular weight excluding hydrogens is 434 g/mol. The summed E-state index contributed by atoms with van der Waals surface area (Å²) in [6.45, 7) is 4.35. The van der Waals surface area contributed by atoms with Crippen LogP contribution in [0.15, 0.2) is 51.5 Å². The van der Waals surface area contributed by atoms with Crippen molar-refractivity contribution in [1.82, 2.24) is 4.57 Å². The molecule has 3 aromatic rings. The van der Waals surface area contributed by atoms with Crippen LogP contribution in [-0.2, 0) is 16.6 Å². The summed E-state index contributed by atoms with van der Waals surface area (Å²) in [5.41, 5.74) is 2.50. The molecule has 0 saturated carbocycles. The van der Waals surface area contributed by atoms with E-state index in [9.17, 15) is 13.5 Å². The minimum absolute atomic E-state index is 0.0138. The van der Waals surface area contributed by atoms with Gasteiger partial charge in [-0.25, -0.2) is 13.6 Å². The van der Waals surface area contributed by atoms with Gasteiger partial charge in [-0.05, 0) is 68.0 Å². The fraction of sp³-hybridized carbons (Fsp3) is 0.167. The van der Waals surface area contributed by atoms with Gasteiger partial charge in [0.1, 0.15) is 0 Å². The Morgan fingerprint density at radius 2 is 1.97 bits per heavy atom. The number of aryl methyl sites for hydroxylation is 2. The Morgan fingerprint density at radius 3 is 2.55 bits per heavy atom. The Labute approximate surface area is 178 Å². The van der Waals surface area contributed by atoms with Crippen molar-refractivity contribution in [2.24, 2.45) is 15.4 Å². The molecule has 1 heterocycles. The van der Waals surface area contributed by atoms with E-state index in [2.05, 4.69) is 15.5 Å². The largest absolute Gasteiger partial charge is 0.493 e. The van der Waals surface area contributed by atoms with E-state index >= 15 is 0 Å². The second-order valence-electron chi connectivity index (χ2n) is 6.23. The van der Waals surface area contributed by atoms with Crippen LogP contribution in [0.3, 0.4) is 0 Å². The molecule has 3 rings (SSSR count). The Bertz CT molecular complexity index is 1230. The third-order valence-electron chi connectivity index (χ3n) is 4.25. The number of thiocarbonyl (C=S) groups is 1. The first-order valence-electron chi connectivity index (χ1n) is 8.48. The molecule has 152 valence electrons. The smallest absolute Gasteiger partial charge is 0.238 e. The average Bonchev–Trinajstić information content (AvgIpc) is 2.90. The molecule has 8 nitrogen and oxygen atoms in total. The molecule has 11 heteroatoms. The number of hydrogen-bond acceptors (Lipinski definition) is 5. The van der Waals surface area contributed by atoms with E-state index in [4.69, 9.17) is 29.0 Å². The first-order chi connectivity index (χ1) is 13.6. The highest BCUT2D eigenvalue weighted by Crippen LogP contribution is 2.41. The second-order valence-corrected chi connectivity index (χ2v) is 8.62. The summed E-state index contributed by atoms with van der Waals surface area (Å²) in [4.78, 5) is -0.0138. The summed E-state index contributed by atoms with van der Waals surface area (Å²) >= 11 is 11.3. The van der Waals surface area contributed by atoms with Crippen LogP contribution in [0.4, 0.5) is 11.4 Å². The van der Waals surface area contributed by atoms with E-state index in [-0.39, 0.29) is 21.6 Å². The number of hydrogen-bond donors (Lipinski definition) is 3. The summed E-state index contributed by atoms with van der Waals surface area (Å²) in [6, 6.07) is 9.24. The van der Waals surface area contributed by atoms with Crippen LogP contribution in [0.1, 0.15) is 12.5 Å². The molecule has 0 fully saturated rings. The van der Waals surface area contributed by atoms with Gasteiger partial charge < -0.3 is 15.0 Å². The molecule has 0 bridgehead atoms. The van der Waals surface area contributed by atoms with Gasteiger partial charge in [0.05, 0.1) is 10.4 Å². The maximum Gasteiger partial charge on any atom is 0.238 e. The quantitative estimate of drug-likeness (QED) is 0.399. The predicted molar refractivity (Wildman–Crippen MR) is 118 cm³/mol. The normalized spacial score (nSPS) is 12.0. The number of aromatic nitrogens is 1. The maximum atomic E-state index is 11.3. The Balaban J connectivity index is 1.89. The molecule has 1 aromatic heterocycles. The third kappa shape index (κ3) is 4.40. The van der Waals surface area contributed by atoms with Crippen LogP contribution >= 0.6 is 23.8 Å². The molecule has 0 amide bonds. The molecule has 0 unspecified atom stereocenters. The van der Waals surface area contributed by atoms with Crippen molar-refractivity contribution in [2.75, 3.05) is 5.32 Å². The molecule has 0 spiro atoms. The molecule has 29 heavy (non-hydrogen) atoms. The highest BCUT2D eigenvalue weighted by molar-refractivity contribution is 7.89. The zero-order valence-electron chi connectivity index (χ0n) is 15.5. The lowest BCUT2D eigenvalue weighted by atomic mass is 10.1. The standard InChI is InChI=1S/C18H18ClN5O3S2/c1-3-24-16-10(2)8-11(19)9-14(16)15(17(24)25)22-23-18(28)21-12-4-6-13(7-5-12)29(20,26)27/h4-9,25H,3H2,1-2H3,(H,21,28)(H2,20,26,27). The molecule has 0 atom stereocenters. The van der Waals surface area contributed by atoms with Crippen LogP contribution in [0, 0.1) is 6.92 Å². The van der Waals surface area contributed by atoms with E-state index in [0.29, 0.717) is 22.6 Å². The third-order valence-corrected chi connectivity index (χ3v) is 5.58. The van der Waals surface area contributed by atoms with Gasteiger partial charge in [0.25, 0.3) is 0 Å². The molecule has 0 radical (unpaired) electrons. The molecule has 0 saturated heterocycles. The number of sulfonamides is 1. The Hall–Kier alpha value is -2.53. The molecule has 0 aliphatic heterocycles. The van der Waals surface area contributed by atoms with E-state index in [1.54, 1.807) is 10.6 Å². The summed E-state index contributed by atoms with van der Waals surface area (Å²) in [5.74, 6) is -0.0306. The van der Waals surface area contributed by atoms with Crippen LogP contribution in [0.25, 0.3) is 10.9 Å². The minimum Gasteiger partial charge on any atom is -0.493 e. The van der Waals surface area contributed by atoms with Crippen molar-refractivity contribution in [1.29, 1.82) is 0 Å². The number of aromatic hydroxyl groups is 1. The Kier molecular flexibility index (Phi) is 5.90. The lowest BCUT2D eigenvalue weighted by Gasteiger charge is -2.05. The van der Waals surface area contributed by atoms with Gasteiger partial charge >= 0.3 is 0 Å². The highest BCUT2D eigenvalue weighted by Gasteiger charge is 2.18. The van der Waals surface area contributed by atoms with Gasteiger partial charge in [0.2, 0.25) is 21.0 Å². The van der Waals surface area contributed by atoms with Crippen LogP contribution < -0.4 is 10.5 Å². The number of nitrogens with two attached hydrogens (primary N) is 1. The molecule has 0 aliphatic rings. The monoisotopic (exact) mass is 451 g/mol. The van der Waals surface area contributed by atoms with Crippen molar-refractivity contribution < 1.29 is 13.5 Å². The number of rotatable bonds is 4. The van der Waals surface area contributed by atoms with E-state index in [0.717, 1.165) is 11.1 Å². The van der Waals surface area contributed by atoms with Crippen molar-refractivity contribution >= 4 is 61.2 Å². The van der Waals surface area contributed by atoms with Gasteiger partial charge in [0.15, 0.2) is 5.69 Å². The summed E-state index contributed by atoms with van der Waals surface area (Å²) in [5, 5.41) is 27.8. The zero-order valence-corrected chi connectivity index (χ0v) is 17.9. The molecule has 4 N–H and O–H groups in total. The van der Waals surface area contributed by atoms with E-state index in [1.165, 1.54) is 24.3 Å². The number of azo groups is 1. The topological polar surface area (TPSA) is 122 Å². The summed E-state index contributed by atoms with van der Waals surface area (Å²) in [6.07, 6.45) is 0. The summed E-state index contributed by atoms with van der Waals surface area (Å²) in [7, 11) is -3.77. The second kappa shape index (κ2) is 8.07. The van der Waals surface area contributed by atoms with E-state index in [1.807, 2.05) is 19.9 Å². The predicted octanol–water partition coefficient (Wildman–Crippen LogP) is 4.46. The molecule has 2 aromatic carbocycles. The lowest BCUT2D eigenvalue weighted by molar-refractivity contribution is 0.426. The van der Waals surface area contributed by atoms with Crippen LogP contribution in [0.2, 0.25) is 5.02 Å². The fourth-order valence-corrected chi connectivity index (χ4v) is 3.95. The number of halogens is 1. The number of nitrogens with one attached hydrogen (secondary N) is 1. The first kappa shape index (κ1) is 21.2. The van der Waals surface area contributed by atoms with Gasteiger partial charge in [-0.2, -0.15) is 0 Å². The number of benzene rings is 2. The SMILES string of the molecule is CCn1c(O)c(N=NC(=S)Nc2ccc(S(N)(=O)=O)cc2)c2cc(Cl)cc(C)c21. The number of fused-ring (bicyclic) bond motifs is 1. The van der Waals surface area contributed by atoms with Crippen molar-refractivity contribution in [3.8, 4) is 5.88 Å².